The maximum atomic E-state index is 11.4. The first kappa shape index (κ1) is 19.7. The minimum Gasteiger partial charge on any atom is -0.489 e. The zero-order chi connectivity index (χ0) is 18.1. The van der Waals surface area contributed by atoms with E-state index in [2.05, 4.69) is 15.0 Å². The van der Waals surface area contributed by atoms with Crippen molar-refractivity contribution in [3.63, 3.8) is 0 Å². The van der Waals surface area contributed by atoms with Crippen LogP contribution in [0.3, 0.4) is 0 Å². The molecule has 2 N–H and O–H groups in total. The number of aromatic nitrogens is 1. The van der Waals surface area contributed by atoms with E-state index in [1.54, 1.807) is 25.4 Å². The summed E-state index contributed by atoms with van der Waals surface area (Å²) < 4.78 is 31.1. The molecule has 0 aliphatic rings. The van der Waals surface area contributed by atoms with E-state index in [0.29, 0.717) is 31.3 Å². The Bertz CT molecular complexity index is 770. The van der Waals surface area contributed by atoms with Gasteiger partial charge in [0.25, 0.3) is 0 Å². The number of halogens is 1. The molecule has 0 fully saturated rings. The monoisotopic (exact) mass is 383 g/mol. The van der Waals surface area contributed by atoms with Crippen LogP contribution in [-0.4, -0.2) is 32.2 Å². The van der Waals surface area contributed by atoms with E-state index >= 15 is 0 Å². The van der Waals surface area contributed by atoms with Crippen molar-refractivity contribution < 1.29 is 13.2 Å². The molecule has 136 valence electrons. The van der Waals surface area contributed by atoms with E-state index in [9.17, 15) is 8.42 Å². The number of sulfonamides is 1. The lowest BCUT2D eigenvalue weighted by Crippen LogP contribution is -2.32. The van der Waals surface area contributed by atoms with Gasteiger partial charge in [0.05, 0.1) is 5.75 Å². The number of hydrogen-bond donors (Lipinski definition) is 2. The molecule has 1 aromatic carbocycles. The first-order chi connectivity index (χ1) is 12.0. The van der Waals surface area contributed by atoms with Crippen molar-refractivity contribution in [3.05, 3.63) is 58.9 Å². The third-order valence-corrected chi connectivity index (χ3v) is 5.10. The normalized spacial score (nSPS) is 11.4. The summed E-state index contributed by atoms with van der Waals surface area (Å²) in [5, 5.41) is 3.81. The highest BCUT2D eigenvalue weighted by molar-refractivity contribution is 7.89. The number of nitrogens with one attached hydrogen (secondary N) is 2. The summed E-state index contributed by atoms with van der Waals surface area (Å²) in [4.78, 5) is 4.06. The molecule has 8 heteroatoms. The zero-order valence-corrected chi connectivity index (χ0v) is 15.6. The molecule has 0 aliphatic heterocycles. The summed E-state index contributed by atoms with van der Waals surface area (Å²) in [6.45, 7) is 3.39. The molecule has 0 saturated heterocycles. The van der Waals surface area contributed by atoms with Crippen molar-refractivity contribution in [2.24, 2.45) is 0 Å². The predicted molar refractivity (Wildman–Crippen MR) is 99.2 cm³/mol. The summed E-state index contributed by atoms with van der Waals surface area (Å²) in [5.74, 6) is 0.808. The van der Waals surface area contributed by atoms with Gasteiger partial charge in [-0.25, -0.2) is 13.1 Å². The van der Waals surface area contributed by atoms with Gasteiger partial charge in [-0.15, -0.1) is 0 Å². The number of pyridine rings is 1. The Morgan fingerprint density at radius 1 is 1.24 bits per heavy atom. The Balaban J connectivity index is 1.87. The highest BCUT2D eigenvalue weighted by Crippen LogP contribution is 2.23. The summed E-state index contributed by atoms with van der Waals surface area (Å²) in [6.07, 6.45) is 3.47. The Labute approximate surface area is 153 Å². The molecule has 0 spiro atoms. The standard InChI is InChI=1S/C17H22ClN3O3S/c1-2-25(22,23)21-9-8-20-12-15-10-16(18)5-6-17(15)24-13-14-4-3-7-19-11-14/h3-7,10-11,20-21H,2,8-9,12-13H2,1H3. The average Bonchev–Trinajstić information content (AvgIpc) is 2.61. The fourth-order valence-electron chi connectivity index (χ4n) is 2.09. The van der Waals surface area contributed by atoms with Gasteiger partial charge in [0.2, 0.25) is 10.0 Å². The predicted octanol–water partition coefficient (Wildman–Crippen LogP) is 2.34. The van der Waals surface area contributed by atoms with E-state index in [4.69, 9.17) is 16.3 Å². The quantitative estimate of drug-likeness (QED) is 0.615. The number of rotatable bonds is 10. The van der Waals surface area contributed by atoms with Crippen LogP contribution in [0.15, 0.2) is 42.7 Å². The summed E-state index contributed by atoms with van der Waals surface area (Å²) in [7, 11) is -3.16. The van der Waals surface area contributed by atoms with Gasteiger partial charge < -0.3 is 10.1 Å². The molecule has 0 amide bonds. The molecule has 1 heterocycles. The van der Waals surface area contributed by atoms with Crippen LogP contribution in [0.25, 0.3) is 0 Å². The molecular weight excluding hydrogens is 362 g/mol. The van der Waals surface area contributed by atoms with Crippen LogP contribution in [0, 0.1) is 0 Å². The minimum atomic E-state index is -3.16. The van der Waals surface area contributed by atoms with Gasteiger partial charge in [-0.05, 0) is 31.2 Å². The largest absolute Gasteiger partial charge is 0.489 e. The highest BCUT2D eigenvalue weighted by atomic mass is 35.5. The van der Waals surface area contributed by atoms with Crippen LogP contribution >= 0.6 is 11.6 Å². The molecule has 0 saturated carbocycles. The van der Waals surface area contributed by atoms with E-state index in [0.717, 1.165) is 16.9 Å². The second-order valence-corrected chi connectivity index (χ2v) is 7.91. The molecule has 0 unspecified atom stereocenters. The molecule has 0 radical (unpaired) electrons. The Hall–Kier alpha value is -1.67. The lowest BCUT2D eigenvalue weighted by Gasteiger charge is -2.13. The molecule has 2 rings (SSSR count). The number of nitrogens with zero attached hydrogens (tertiary/aromatic N) is 1. The van der Waals surface area contributed by atoms with Crippen LogP contribution in [0.4, 0.5) is 0 Å². The lowest BCUT2D eigenvalue weighted by molar-refractivity contribution is 0.301. The van der Waals surface area contributed by atoms with Crippen molar-refractivity contribution in [1.29, 1.82) is 0 Å². The molecule has 2 aromatic rings. The Kier molecular flexibility index (Phi) is 7.64. The van der Waals surface area contributed by atoms with Crippen LogP contribution in [0.5, 0.6) is 5.75 Å². The maximum Gasteiger partial charge on any atom is 0.211 e. The van der Waals surface area contributed by atoms with Gasteiger partial charge in [0.15, 0.2) is 0 Å². The first-order valence-corrected chi connectivity index (χ1v) is 10.0. The number of hydrogen-bond acceptors (Lipinski definition) is 5. The van der Waals surface area contributed by atoms with Crippen LogP contribution in [0.2, 0.25) is 5.02 Å². The Morgan fingerprint density at radius 2 is 2.08 bits per heavy atom. The minimum absolute atomic E-state index is 0.0770. The van der Waals surface area contributed by atoms with Gasteiger partial charge >= 0.3 is 0 Å². The number of benzene rings is 1. The Morgan fingerprint density at radius 3 is 2.80 bits per heavy atom. The van der Waals surface area contributed by atoms with Gasteiger partial charge in [0.1, 0.15) is 12.4 Å². The van der Waals surface area contributed by atoms with Crippen molar-refractivity contribution in [2.75, 3.05) is 18.8 Å². The van der Waals surface area contributed by atoms with E-state index in [1.807, 2.05) is 24.3 Å². The molecule has 0 aliphatic carbocycles. The van der Waals surface area contributed by atoms with E-state index in [1.165, 1.54) is 0 Å². The third kappa shape index (κ3) is 6.99. The lowest BCUT2D eigenvalue weighted by atomic mass is 10.2. The fourth-order valence-corrected chi connectivity index (χ4v) is 2.90. The molecule has 25 heavy (non-hydrogen) atoms. The summed E-state index contributed by atoms with van der Waals surface area (Å²) in [6, 6.07) is 9.25. The smallest absolute Gasteiger partial charge is 0.211 e. The molecule has 1 aromatic heterocycles. The number of ether oxygens (including phenoxy) is 1. The van der Waals surface area contributed by atoms with Crippen molar-refractivity contribution in [1.82, 2.24) is 15.0 Å². The fraction of sp³-hybridized carbons (Fsp3) is 0.353. The van der Waals surface area contributed by atoms with Crippen LogP contribution < -0.4 is 14.8 Å². The zero-order valence-electron chi connectivity index (χ0n) is 14.0. The second-order valence-electron chi connectivity index (χ2n) is 5.38. The summed E-state index contributed by atoms with van der Waals surface area (Å²) in [5.41, 5.74) is 1.89. The van der Waals surface area contributed by atoms with Crippen molar-refractivity contribution >= 4 is 21.6 Å². The summed E-state index contributed by atoms with van der Waals surface area (Å²) >= 11 is 6.07. The van der Waals surface area contributed by atoms with Gasteiger partial charge in [-0.2, -0.15) is 0 Å². The first-order valence-electron chi connectivity index (χ1n) is 7.98. The van der Waals surface area contributed by atoms with Crippen LogP contribution in [0.1, 0.15) is 18.1 Å². The SMILES string of the molecule is CCS(=O)(=O)NCCNCc1cc(Cl)ccc1OCc1cccnc1. The molecule has 0 bridgehead atoms. The van der Waals surface area contributed by atoms with Crippen molar-refractivity contribution in [2.45, 2.75) is 20.1 Å². The average molecular weight is 384 g/mol. The van der Waals surface area contributed by atoms with Gasteiger partial charge in [-0.3, -0.25) is 4.98 Å². The van der Waals surface area contributed by atoms with Gasteiger partial charge in [-0.1, -0.05) is 17.7 Å². The molecule has 0 atom stereocenters. The van der Waals surface area contributed by atoms with Crippen molar-refractivity contribution in [3.8, 4) is 5.75 Å². The van der Waals surface area contributed by atoms with Gasteiger partial charge in [0, 0.05) is 48.2 Å². The maximum absolute atomic E-state index is 11.4. The third-order valence-electron chi connectivity index (χ3n) is 3.46. The highest BCUT2D eigenvalue weighted by Gasteiger charge is 2.07. The second kappa shape index (κ2) is 9.72. The van der Waals surface area contributed by atoms with E-state index in [-0.39, 0.29) is 5.75 Å². The van der Waals surface area contributed by atoms with E-state index < -0.39 is 10.0 Å². The molecule has 6 nitrogen and oxygen atoms in total. The molecular formula is C17H22ClN3O3S. The topological polar surface area (TPSA) is 80.3 Å². The van der Waals surface area contributed by atoms with Crippen LogP contribution in [-0.2, 0) is 23.2 Å².